The average Bonchev–Trinajstić information content (AvgIpc) is 2.21. The lowest BCUT2D eigenvalue weighted by atomic mass is 9.76. The first-order chi connectivity index (χ1) is 8.80. The molecule has 1 aliphatic carbocycles. The topological polar surface area (TPSA) is 72.2 Å². The van der Waals surface area contributed by atoms with Crippen LogP contribution in [0.15, 0.2) is 17.0 Å². The highest BCUT2D eigenvalue weighted by molar-refractivity contribution is 7.89. The van der Waals surface area contributed by atoms with E-state index in [0.29, 0.717) is 21.7 Å². The second-order valence-electron chi connectivity index (χ2n) is 5.58. The number of aryl methyl sites for hydroxylation is 2. The Labute approximate surface area is 115 Å². The zero-order valence-corrected chi connectivity index (χ0v) is 12.6. The molecule has 4 nitrogen and oxygen atoms in total. The molecule has 2 rings (SSSR count). The van der Waals surface area contributed by atoms with Crippen molar-refractivity contribution < 1.29 is 8.42 Å². The van der Waals surface area contributed by atoms with Crippen molar-refractivity contribution >= 4 is 15.7 Å². The van der Waals surface area contributed by atoms with E-state index in [-0.39, 0.29) is 5.54 Å². The van der Waals surface area contributed by atoms with E-state index >= 15 is 0 Å². The number of rotatable bonds is 4. The van der Waals surface area contributed by atoms with Gasteiger partial charge in [-0.1, -0.05) is 6.92 Å². The van der Waals surface area contributed by atoms with Gasteiger partial charge in [0, 0.05) is 11.2 Å². The normalized spacial score (nSPS) is 18.1. The predicted molar refractivity (Wildman–Crippen MR) is 77.5 cm³/mol. The number of nitrogens with two attached hydrogens (primary N) is 1. The van der Waals surface area contributed by atoms with Crippen molar-refractivity contribution in [3.63, 3.8) is 0 Å². The summed E-state index contributed by atoms with van der Waals surface area (Å²) in [6.07, 6.45) is 3.78. The van der Waals surface area contributed by atoms with Crippen molar-refractivity contribution in [1.29, 1.82) is 0 Å². The van der Waals surface area contributed by atoms with Crippen molar-refractivity contribution in [3.8, 4) is 0 Å². The van der Waals surface area contributed by atoms with E-state index in [2.05, 4.69) is 4.72 Å². The Morgan fingerprint density at radius 1 is 1.26 bits per heavy atom. The molecule has 0 radical (unpaired) electrons. The second-order valence-corrected chi connectivity index (χ2v) is 7.20. The molecule has 1 aromatic rings. The molecule has 1 aromatic carbocycles. The molecule has 19 heavy (non-hydrogen) atoms. The minimum Gasteiger partial charge on any atom is -0.399 e. The summed E-state index contributed by atoms with van der Waals surface area (Å²) in [5.74, 6) is 0. The smallest absolute Gasteiger partial charge is 0.241 e. The van der Waals surface area contributed by atoms with Crippen LogP contribution < -0.4 is 10.5 Å². The lowest BCUT2D eigenvalue weighted by molar-refractivity contribution is 0.214. The van der Waals surface area contributed by atoms with Gasteiger partial charge in [-0.25, -0.2) is 13.1 Å². The molecule has 5 heteroatoms. The maximum Gasteiger partial charge on any atom is 0.241 e. The van der Waals surface area contributed by atoms with E-state index < -0.39 is 10.0 Å². The standard InChI is InChI=1S/C14H22N2O2S/c1-4-14(6-5-7-14)16-19(17,18)13-10(2)8-12(15)9-11(13)3/h8-9,16H,4-7,15H2,1-3H3. The van der Waals surface area contributed by atoms with Crippen LogP contribution in [0, 0.1) is 13.8 Å². The van der Waals surface area contributed by atoms with Gasteiger partial charge in [0.2, 0.25) is 10.0 Å². The Morgan fingerprint density at radius 3 is 2.16 bits per heavy atom. The summed E-state index contributed by atoms with van der Waals surface area (Å²) in [4.78, 5) is 0.376. The Kier molecular flexibility index (Phi) is 3.62. The van der Waals surface area contributed by atoms with Crippen molar-refractivity contribution in [1.82, 2.24) is 4.72 Å². The third-order valence-corrected chi connectivity index (χ3v) is 5.97. The van der Waals surface area contributed by atoms with Gasteiger partial charge >= 0.3 is 0 Å². The van der Waals surface area contributed by atoms with Crippen LogP contribution in [-0.2, 0) is 10.0 Å². The van der Waals surface area contributed by atoms with Gasteiger partial charge in [0.15, 0.2) is 0 Å². The summed E-state index contributed by atoms with van der Waals surface area (Å²) >= 11 is 0. The number of hydrogen-bond donors (Lipinski definition) is 2. The van der Waals surface area contributed by atoms with Crippen LogP contribution in [0.3, 0.4) is 0 Å². The molecule has 0 saturated heterocycles. The minimum absolute atomic E-state index is 0.237. The van der Waals surface area contributed by atoms with Gasteiger partial charge in [-0.05, 0) is 62.8 Å². The van der Waals surface area contributed by atoms with Gasteiger partial charge in [0.25, 0.3) is 0 Å². The van der Waals surface area contributed by atoms with Gasteiger partial charge < -0.3 is 5.73 Å². The molecule has 3 N–H and O–H groups in total. The van der Waals surface area contributed by atoms with Gasteiger partial charge in [-0.15, -0.1) is 0 Å². The van der Waals surface area contributed by atoms with Gasteiger partial charge in [0.1, 0.15) is 0 Å². The fraction of sp³-hybridized carbons (Fsp3) is 0.571. The van der Waals surface area contributed by atoms with Gasteiger partial charge in [0.05, 0.1) is 4.90 Å². The first kappa shape index (κ1) is 14.3. The highest BCUT2D eigenvalue weighted by Gasteiger charge is 2.39. The Bertz CT molecular complexity index is 561. The SMILES string of the molecule is CCC1(NS(=O)(=O)c2c(C)cc(N)cc2C)CCC1. The number of benzene rings is 1. The lowest BCUT2D eigenvalue weighted by Gasteiger charge is -2.41. The third-order valence-electron chi connectivity index (χ3n) is 4.09. The third kappa shape index (κ3) is 2.62. The van der Waals surface area contributed by atoms with Gasteiger partial charge in [-0.2, -0.15) is 0 Å². The molecule has 0 aliphatic heterocycles. The van der Waals surface area contributed by atoms with Crippen LogP contribution in [0.4, 0.5) is 5.69 Å². The van der Waals surface area contributed by atoms with Crippen LogP contribution in [0.1, 0.15) is 43.7 Å². The van der Waals surface area contributed by atoms with Crippen molar-refractivity contribution in [2.24, 2.45) is 0 Å². The first-order valence-corrected chi connectivity index (χ1v) is 8.19. The number of nitrogen functional groups attached to an aromatic ring is 1. The van der Waals surface area contributed by atoms with Crippen molar-refractivity contribution in [2.45, 2.75) is 56.9 Å². The van der Waals surface area contributed by atoms with E-state index in [9.17, 15) is 8.42 Å². The molecule has 0 bridgehead atoms. The molecule has 0 unspecified atom stereocenters. The molecule has 1 aliphatic rings. The van der Waals surface area contributed by atoms with E-state index in [0.717, 1.165) is 25.7 Å². The highest BCUT2D eigenvalue weighted by atomic mass is 32.2. The lowest BCUT2D eigenvalue weighted by Crippen LogP contribution is -2.53. The van der Waals surface area contributed by atoms with Crippen molar-refractivity contribution in [3.05, 3.63) is 23.3 Å². The largest absolute Gasteiger partial charge is 0.399 e. The van der Waals surface area contributed by atoms with E-state index in [1.165, 1.54) is 0 Å². The maximum atomic E-state index is 12.6. The van der Waals surface area contributed by atoms with E-state index in [4.69, 9.17) is 5.73 Å². The first-order valence-electron chi connectivity index (χ1n) is 6.70. The Balaban J connectivity index is 2.40. The molecular formula is C14H22N2O2S. The summed E-state index contributed by atoms with van der Waals surface area (Å²) in [6.45, 7) is 5.61. The van der Waals surface area contributed by atoms with Gasteiger partial charge in [-0.3, -0.25) is 0 Å². The maximum absolute atomic E-state index is 12.6. The predicted octanol–water partition coefficient (Wildman–Crippen LogP) is 2.50. The van der Waals surface area contributed by atoms with Crippen LogP contribution in [0.2, 0.25) is 0 Å². The van der Waals surface area contributed by atoms with Crippen LogP contribution in [0.25, 0.3) is 0 Å². The molecule has 0 amide bonds. The molecule has 0 heterocycles. The summed E-state index contributed by atoms with van der Waals surface area (Å²) in [6, 6.07) is 3.42. The summed E-state index contributed by atoms with van der Waals surface area (Å²) in [5.41, 5.74) is 7.52. The Hall–Kier alpha value is -1.07. The molecule has 106 valence electrons. The molecule has 1 fully saturated rings. The summed E-state index contributed by atoms with van der Waals surface area (Å²) in [7, 11) is -3.47. The fourth-order valence-corrected chi connectivity index (χ4v) is 4.86. The monoisotopic (exact) mass is 282 g/mol. The average molecular weight is 282 g/mol. The zero-order valence-electron chi connectivity index (χ0n) is 11.8. The fourth-order valence-electron chi connectivity index (χ4n) is 2.88. The van der Waals surface area contributed by atoms with Crippen LogP contribution in [0.5, 0.6) is 0 Å². The number of sulfonamides is 1. The summed E-state index contributed by atoms with van der Waals surface area (Å²) < 4.78 is 28.1. The molecule has 0 atom stereocenters. The molecule has 0 spiro atoms. The van der Waals surface area contributed by atoms with Crippen LogP contribution in [-0.4, -0.2) is 14.0 Å². The Morgan fingerprint density at radius 2 is 1.79 bits per heavy atom. The molecule has 1 saturated carbocycles. The van der Waals surface area contributed by atoms with E-state index in [1.807, 2.05) is 6.92 Å². The molecule has 0 aromatic heterocycles. The van der Waals surface area contributed by atoms with Crippen molar-refractivity contribution in [2.75, 3.05) is 5.73 Å². The number of anilines is 1. The number of hydrogen-bond acceptors (Lipinski definition) is 3. The van der Waals surface area contributed by atoms with Crippen LogP contribution >= 0.6 is 0 Å². The zero-order chi connectivity index (χ0) is 14.3. The summed E-state index contributed by atoms with van der Waals surface area (Å²) in [5, 5.41) is 0. The second kappa shape index (κ2) is 4.80. The molecular weight excluding hydrogens is 260 g/mol. The number of nitrogens with one attached hydrogen (secondary N) is 1. The highest BCUT2D eigenvalue weighted by Crippen LogP contribution is 2.36. The quantitative estimate of drug-likeness (QED) is 0.833. The minimum atomic E-state index is -3.47. The van der Waals surface area contributed by atoms with E-state index in [1.54, 1.807) is 26.0 Å².